The zero-order chi connectivity index (χ0) is 18.8. The van der Waals surface area contributed by atoms with E-state index >= 15 is 0 Å². The predicted octanol–water partition coefficient (Wildman–Crippen LogP) is 2.48. The summed E-state index contributed by atoms with van der Waals surface area (Å²) in [6.45, 7) is 4.52. The first-order chi connectivity index (χ1) is 13.1. The lowest BCUT2D eigenvalue weighted by molar-refractivity contribution is 0.0950. The van der Waals surface area contributed by atoms with Crippen molar-refractivity contribution in [3.8, 4) is 5.75 Å². The highest BCUT2D eigenvalue weighted by atomic mass is 19.1. The van der Waals surface area contributed by atoms with E-state index in [1.165, 1.54) is 12.1 Å². The second-order valence-electron chi connectivity index (χ2n) is 7.21. The van der Waals surface area contributed by atoms with Gasteiger partial charge in [-0.2, -0.15) is 0 Å². The van der Waals surface area contributed by atoms with Gasteiger partial charge in [0.15, 0.2) is 0 Å². The second kappa shape index (κ2) is 7.56. The molecule has 1 saturated heterocycles. The summed E-state index contributed by atoms with van der Waals surface area (Å²) in [5.74, 6) is 0.354. The van der Waals surface area contributed by atoms with Gasteiger partial charge < -0.3 is 19.9 Å². The number of likely N-dealkylation sites (N-methyl/N-ethyl adjacent to an activating group) is 1. The molecule has 5 nitrogen and oxygen atoms in total. The van der Waals surface area contributed by atoms with Gasteiger partial charge in [-0.1, -0.05) is 18.2 Å². The number of fused-ring (bicyclic) bond motifs is 1. The van der Waals surface area contributed by atoms with Crippen molar-refractivity contribution in [2.24, 2.45) is 0 Å². The molecule has 4 rings (SSSR count). The minimum Gasteiger partial charge on any atom is -0.493 e. The molecule has 0 saturated carbocycles. The van der Waals surface area contributed by atoms with E-state index < -0.39 is 5.82 Å². The van der Waals surface area contributed by atoms with Gasteiger partial charge in [-0.3, -0.25) is 4.79 Å². The summed E-state index contributed by atoms with van der Waals surface area (Å²) in [5, 5.41) is 2.97. The molecule has 1 atom stereocenters. The molecule has 2 aliphatic heterocycles. The van der Waals surface area contributed by atoms with Crippen LogP contribution in [0.25, 0.3) is 0 Å². The molecule has 2 aromatic rings. The molecule has 2 heterocycles. The number of para-hydroxylation sites is 1. The maximum atomic E-state index is 13.8. The van der Waals surface area contributed by atoms with E-state index in [9.17, 15) is 9.18 Å². The molecule has 1 fully saturated rings. The van der Waals surface area contributed by atoms with Crippen molar-refractivity contribution in [3.63, 3.8) is 0 Å². The maximum Gasteiger partial charge on any atom is 0.253 e. The molecule has 0 bridgehead atoms. The van der Waals surface area contributed by atoms with Crippen LogP contribution in [0.4, 0.5) is 10.1 Å². The Morgan fingerprint density at radius 3 is 2.78 bits per heavy atom. The fourth-order valence-corrected chi connectivity index (χ4v) is 3.72. The highest BCUT2D eigenvalue weighted by Gasteiger charge is 2.25. The van der Waals surface area contributed by atoms with Gasteiger partial charge in [-0.05, 0) is 31.3 Å². The molecule has 0 aliphatic carbocycles. The molecular formula is C21H24FN3O2. The topological polar surface area (TPSA) is 44.8 Å². The van der Waals surface area contributed by atoms with Crippen LogP contribution in [0.15, 0.2) is 42.5 Å². The summed E-state index contributed by atoms with van der Waals surface area (Å²) in [7, 11) is 2.08. The molecule has 0 radical (unpaired) electrons. The van der Waals surface area contributed by atoms with Gasteiger partial charge in [-0.25, -0.2) is 4.39 Å². The maximum absolute atomic E-state index is 13.8. The lowest BCUT2D eigenvalue weighted by Crippen LogP contribution is -2.45. The highest BCUT2D eigenvalue weighted by Crippen LogP contribution is 2.33. The number of anilines is 1. The van der Waals surface area contributed by atoms with Gasteiger partial charge in [0.1, 0.15) is 11.6 Å². The Bertz CT molecular complexity index is 834. The van der Waals surface area contributed by atoms with Crippen molar-refractivity contribution >= 4 is 11.6 Å². The SMILES string of the molecule is CN1CCN(c2ccc(F)cc2C(=O)NCC2COc3ccccc32)CC1. The lowest BCUT2D eigenvalue weighted by Gasteiger charge is -2.35. The Hall–Kier alpha value is -2.60. The van der Waals surface area contributed by atoms with Crippen LogP contribution in [-0.2, 0) is 0 Å². The number of nitrogens with zero attached hydrogens (tertiary/aromatic N) is 2. The van der Waals surface area contributed by atoms with E-state index in [2.05, 4.69) is 22.2 Å². The Morgan fingerprint density at radius 2 is 1.96 bits per heavy atom. The lowest BCUT2D eigenvalue weighted by atomic mass is 10.0. The molecule has 27 heavy (non-hydrogen) atoms. The number of piperazine rings is 1. The summed E-state index contributed by atoms with van der Waals surface area (Å²) in [6, 6.07) is 12.3. The van der Waals surface area contributed by atoms with Gasteiger partial charge >= 0.3 is 0 Å². The number of carbonyl (C=O) groups is 1. The molecule has 2 aromatic carbocycles. The summed E-state index contributed by atoms with van der Waals surface area (Å²) >= 11 is 0. The second-order valence-corrected chi connectivity index (χ2v) is 7.21. The number of carbonyl (C=O) groups excluding carboxylic acids is 1. The zero-order valence-corrected chi connectivity index (χ0v) is 15.5. The average molecular weight is 369 g/mol. The van der Waals surface area contributed by atoms with Crippen LogP contribution in [0.3, 0.4) is 0 Å². The highest BCUT2D eigenvalue weighted by molar-refractivity contribution is 6.00. The van der Waals surface area contributed by atoms with Crippen molar-refractivity contribution in [1.82, 2.24) is 10.2 Å². The number of rotatable bonds is 4. The average Bonchev–Trinajstić information content (AvgIpc) is 3.10. The largest absolute Gasteiger partial charge is 0.493 e. The molecular weight excluding hydrogens is 345 g/mol. The van der Waals surface area contributed by atoms with Crippen LogP contribution in [0.2, 0.25) is 0 Å². The molecule has 1 N–H and O–H groups in total. The van der Waals surface area contributed by atoms with Crippen LogP contribution in [0.1, 0.15) is 21.8 Å². The number of hydrogen-bond acceptors (Lipinski definition) is 4. The molecule has 1 unspecified atom stereocenters. The quantitative estimate of drug-likeness (QED) is 0.899. The van der Waals surface area contributed by atoms with Crippen molar-refractivity contribution in [2.75, 3.05) is 51.3 Å². The van der Waals surface area contributed by atoms with Crippen LogP contribution in [0.5, 0.6) is 5.75 Å². The fraction of sp³-hybridized carbons (Fsp3) is 0.381. The molecule has 6 heteroatoms. The molecule has 142 valence electrons. The Labute approximate surface area is 158 Å². The van der Waals surface area contributed by atoms with E-state index in [0.29, 0.717) is 18.7 Å². The monoisotopic (exact) mass is 369 g/mol. The van der Waals surface area contributed by atoms with E-state index in [0.717, 1.165) is 43.2 Å². The van der Waals surface area contributed by atoms with Crippen molar-refractivity contribution in [3.05, 3.63) is 59.4 Å². The normalized spacial score (nSPS) is 19.5. The van der Waals surface area contributed by atoms with E-state index in [1.54, 1.807) is 6.07 Å². The Balaban J connectivity index is 1.48. The van der Waals surface area contributed by atoms with Gasteiger partial charge in [0.2, 0.25) is 0 Å². The Morgan fingerprint density at radius 1 is 1.19 bits per heavy atom. The van der Waals surface area contributed by atoms with E-state index in [-0.39, 0.29) is 11.8 Å². The van der Waals surface area contributed by atoms with Crippen LogP contribution < -0.4 is 15.0 Å². The van der Waals surface area contributed by atoms with Crippen molar-refractivity contribution < 1.29 is 13.9 Å². The first kappa shape index (κ1) is 17.8. The smallest absolute Gasteiger partial charge is 0.253 e. The van der Waals surface area contributed by atoms with Crippen molar-refractivity contribution in [2.45, 2.75) is 5.92 Å². The molecule has 1 amide bonds. The van der Waals surface area contributed by atoms with Gasteiger partial charge in [0.05, 0.1) is 12.2 Å². The number of halogens is 1. The van der Waals surface area contributed by atoms with Gasteiger partial charge in [0.25, 0.3) is 5.91 Å². The predicted molar refractivity (Wildman–Crippen MR) is 103 cm³/mol. The summed E-state index contributed by atoms with van der Waals surface area (Å²) in [6.07, 6.45) is 0. The van der Waals surface area contributed by atoms with Crippen molar-refractivity contribution in [1.29, 1.82) is 0 Å². The molecule has 2 aliphatic rings. The van der Waals surface area contributed by atoms with Crippen LogP contribution >= 0.6 is 0 Å². The summed E-state index contributed by atoms with van der Waals surface area (Å²) in [4.78, 5) is 17.2. The third-order valence-corrected chi connectivity index (χ3v) is 5.36. The number of amides is 1. The third-order valence-electron chi connectivity index (χ3n) is 5.36. The summed E-state index contributed by atoms with van der Waals surface area (Å²) in [5.41, 5.74) is 2.30. The fourth-order valence-electron chi connectivity index (χ4n) is 3.72. The molecule has 0 aromatic heterocycles. The summed E-state index contributed by atoms with van der Waals surface area (Å²) < 4.78 is 19.5. The van der Waals surface area contributed by atoms with Crippen LogP contribution in [-0.4, -0.2) is 57.2 Å². The number of nitrogens with one attached hydrogen (secondary N) is 1. The van der Waals surface area contributed by atoms with E-state index in [4.69, 9.17) is 4.74 Å². The number of benzene rings is 2. The van der Waals surface area contributed by atoms with Crippen LogP contribution in [0, 0.1) is 5.82 Å². The first-order valence-electron chi connectivity index (χ1n) is 9.35. The minimum atomic E-state index is -0.396. The third kappa shape index (κ3) is 3.76. The Kier molecular flexibility index (Phi) is 4.99. The number of hydrogen-bond donors (Lipinski definition) is 1. The first-order valence-corrected chi connectivity index (χ1v) is 9.35. The molecule has 0 spiro atoms. The number of ether oxygens (including phenoxy) is 1. The standard InChI is InChI=1S/C21H24FN3O2/c1-24-8-10-25(11-9-24)19-7-6-16(22)12-18(19)21(26)23-13-15-14-27-20-5-3-2-4-17(15)20/h2-7,12,15H,8-11,13-14H2,1H3,(H,23,26). The zero-order valence-electron chi connectivity index (χ0n) is 15.5. The van der Waals surface area contributed by atoms with Gasteiger partial charge in [0, 0.05) is 49.9 Å². The van der Waals surface area contributed by atoms with E-state index in [1.807, 2.05) is 24.3 Å². The van der Waals surface area contributed by atoms with Gasteiger partial charge in [-0.15, -0.1) is 0 Å². The minimum absolute atomic E-state index is 0.116.